The molecule has 0 aliphatic carbocycles. The quantitative estimate of drug-likeness (QED) is 0.217. The van der Waals surface area contributed by atoms with Crippen LogP contribution in [0.2, 0.25) is 0 Å². The normalized spacial score (nSPS) is 16.1. The van der Waals surface area contributed by atoms with Crippen molar-refractivity contribution in [3.05, 3.63) is 35.9 Å². The lowest BCUT2D eigenvalue weighted by Crippen LogP contribution is -2.63. The van der Waals surface area contributed by atoms with Crippen molar-refractivity contribution in [1.29, 1.82) is 0 Å². The zero-order chi connectivity index (χ0) is 32.8. The average Bonchev–Trinajstić information content (AvgIpc) is 3.41. The highest BCUT2D eigenvalue weighted by molar-refractivity contribution is 5.98. The number of carbonyl (C=O) groups is 6. The number of nitrogens with zero attached hydrogens (tertiary/aromatic N) is 2. The van der Waals surface area contributed by atoms with E-state index in [9.17, 15) is 33.9 Å². The van der Waals surface area contributed by atoms with Crippen LogP contribution in [0.25, 0.3) is 0 Å². The van der Waals surface area contributed by atoms with Gasteiger partial charge in [0.25, 0.3) is 0 Å². The van der Waals surface area contributed by atoms with Crippen LogP contribution in [0.5, 0.6) is 0 Å². The Morgan fingerprint density at radius 1 is 0.884 bits per heavy atom. The molecule has 0 bridgehead atoms. The minimum absolute atomic E-state index is 0.291. The number of nitrogens with one attached hydrogen (secondary N) is 4. The predicted molar refractivity (Wildman–Crippen MR) is 159 cm³/mol. The Labute approximate surface area is 253 Å². The molecule has 1 aromatic carbocycles. The third-order valence-electron chi connectivity index (χ3n) is 7.35. The number of hydrogen-bond acceptors (Lipinski definition) is 7. The molecular formula is C30H46N6O7. The molecule has 1 heterocycles. The van der Waals surface area contributed by atoms with Gasteiger partial charge >= 0.3 is 0 Å². The maximum absolute atomic E-state index is 13.1. The number of benzene rings is 1. The summed E-state index contributed by atoms with van der Waals surface area (Å²) >= 11 is 0. The summed E-state index contributed by atoms with van der Waals surface area (Å²) in [4.78, 5) is 80.2. The van der Waals surface area contributed by atoms with Gasteiger partial charge in [0.15, 0.2) is 0 Å². The molecule has 2 atom stereocenters. The Kier molecular flexibility index (Phi) is 11.4. The van der Waals surface area contributed by atoms with Crippen molar-refractivity contribution in [3.63, 3.8) is 0 Å². The lowest BCUT2D eigenvalue weighted by molar-refractivity contribution is -0.143. The first-order chi connectivity index (χ1) is 19.8. The van der Waals surface area contributed by atoms with Crippen molar-refractivity contribution in [3.8, 4) is 0 Å². The Hall–Kier alpha value is -4.00. The van der Waals surface area contributed by atoms with E-state index < -0.39 is 71.3 Å². The molecule has 238 valence electrons. The minimum Gasteiger partial charge on any atom is -0.395 e. The van der Waals surface area contributed by atoms with Crippen LogP contribution in [0.4, 0.5) is 0 Å². The van der Waals surface area contributed by atoms with Gasteiger partial charge in [-0.2, -0.15) is 0 Å². The maximum atomic E-state index is 13.1. The number of aliphatic hydroxyl groups is 1. The lowest BCUT2D eigenvalue weighted by atomic mass is 9.95. The number of aliphatic hydroxyl groups excluding tert-OH is 1. The molecular weight excluding hydrogens is 556 g/mol. The first kappa shape index (κ1) is 35.2. The predicted octanol–water partition coefficient (Wildman–Crippen LogP) is -0.358. The summed E-state index contributed by atoms with van der Waals surface area (Å²) in [5, 5.41) is 20.3. The highest BCUT2D eigenvalue weighted by atomic mass is 16.3. The van der Waals surface area contributed by atoms with Crippen LogP contribution in [0.1, 0.15) is 65.9 Å². The summed E-state index contributed by atoms with van der Waals surface area (Å²) in [5.74, 6) is -3.96. The highest BCUT2D eigenvalue weighted by Crippen LogP contribution is 2.20. The van der Waals surface area contributed by atoms with Crippen molar-refractivity contribution in [2.45, 2.75) is 83.0 Å². The molecule has 1 saturated heterocycles. The Morgan fingerprint density at radius 3 is 2.02 bits per heavy atom. The molecule has 1 aromatic rings. The standard InChI is InChI=1S/C30H46N6O7/c1-28(2,34-26(42)29(3,4)32-23(39)20(18-37)19-13-10-9-11-14-19)25(41)31-17-22(38)36-16-12-15-21(36)24(40)33-30(5,6)27(43)35(7)8/h9-11,13-14,20-21,37H,12,15-18H2,1-8H3,(H,31,41)(H,32,39)(H,33,40)(H,34,42)/t20-,21-/m0/s1. The van der Waals surface area contributed by atoms with Gasteiger partial charge in [0.05, 0.1) is 19.1 Å². The van der Waals surface area contributed by atoms with Crippen LogP contribution >= 0.6 is 0 Å². The molecule has 2 rings (SSSR count). The fourth-order valence-electron chi connectivity index (χ4n) is 4.79. The van der Waals surface area contributed by atoms with Crippen molar-refractivity contribution in [2.75, 3.05) is 33.8 Å². The fourth-order valence-corrected chi connectivity index (χ4v) is 4.79. The third kappa shape index (κ3) is 8.99. The van der Waals surface area contributed by atoms with Gasteiger partial charge < -0.3 is 36.2 Å². The van der Waals surface area contributed by atoms with Gasteiger partial charge in [0, 0.05) is 20.6 Å². The molecule has 0 radical (unpaired) electrons. The number of carbonyl (C=O) groups excluding carboxylic acids is 6. The van der Waals surface area contributed by atoms with Gasteiger partial charge in [-0.15, -0.1) is 0 Å². The van der Waals surface area contributed by atoms with E-state index in [1.54, 1.807) is 58.3 Å². The molecule has 1 aliphatic heterocycles. The molecule has 0 aromatic heterocycles. The summed E-state index contributed by atoms with van der Waals surface area (Å²) in [6.07, 6.45) is 1.01. The summed E-state index contributed by atoms with van der Waals surface area (Å²) in [5.41, 5.74) is -3.48. The summed E-state index contributed by atoms with van der Waals surface area (Å²) in [7, 11) is 3.17. The van der Waals surface area contributed by atoms with E-state index in [0.29, 0.717) is 24.9 Å². The molecule has 5 N–H and O–H groups in total. The molecule has 6 amide bonds. The van der Waals surface area contributed by atoms with E-state index in [1.165, 1.54) is 37.5 Å². The summed E-state index contributed by atoms with van der Waals surface area (Å²) in [6.45, 7) is 8.50. The average molecular weight is 603 g/mol. The zero-order valence-electron chi connectivity index (χ0n) is 26.4. The van der Waals surface area contributed by atoms with E-state index in [4.69, 9.17) is 0 Å². The van der Waals surface area contributed by atoms with Crippen LogP contribution in [-0.4, -0.2) is 107 Å². The van der Waals surface area contributed by atoms with Crippen molar-refractivity contribution in [2.24, 2.45) is 0 Å². The molecule has 1 aliphatic rings. The van der Waals surface area contributed by atoms with Crippen molar-refractivity contribution >= 4 is 35.4 Å². The summed E-state index contributed by atoms with van der Waals surface area (Å²) < 4.78 is 0. The van der Waals surface area contributed by atoms with E-state index >= 15 is 0 Å². The third-order valence-corrected chi connectivity index (χ3v) is 7.35. The SMILES string of the molecule is CN(C)C(=O)C(C)(C)NC(=O)[C@@H]1CCCN1C(=O)CNC(=O)C(C)(C)NC(=O)C(C)(C)NC(=O)[C@@H](CO)c1ccccc1. The number of hydrogen-bond donors (Lipinski definition) is 5. The molecule has 0 spiro atoms. The molecule has 43 heavy (non-hydrogen) atoms. The van der Waals surface area contributed by atoms with Crippen molar-refractivity contribution < 1.29 is 33.9 Å². The van der Waals surface area contributed by atoms with E-state index in [1.807, 2.05) is 0 Å². The zero-order valence-corrected chi connectivity index (χ0v) is 26.4. The van der Waals surface area contributed by atoms with Gasteiger partial charge in [-0.3, -0.25) is 28.8 Å². The van der Waals surface area contributed by atoms with Crippen LogP contribution < -0.4 is 21.3 Å². The van der Waals surface area contributed by atoms with Crippen LogP contribution in [0.3, 0.4) is 0 Å². The van der Waals surface area contributed by atoms with Gasteiger partial charge in [0.2, 0.25) is 35.4 Å². The first-order valence-corrected chi connectivity index (χ1v) is 14.3. The fraction of sp³-hybridized carbons (Fsp3) is 0.600. The number of likely N-dealkylation sites (tertiary alicyclic amines) is 1. The van der Waals surface area contributed by atoms with Gasteiger partial charge in [0.1, 0.15) is 22.7 Å². The largest absolute Gasteiger partial charge is 0.395 e. The second kappa shape index (κ2) is 14.0. The lowest BCUT2D eigenvalue weighted by Gasteiger charge is -2.33. The van der Waals surface area contributed by atoms with Crippen molar-refractivity contribution in [1.82, 2.24) is 31.1 Å². The van der Waals surface area contributed by atoms with Crippen LogP contribution in [0, 0.1) is 0 Å². The monoisotopic (exact) mass is 602 g/mol. The topological polar surface area (TPSA) is 177 Å². The van der Waals surface area contributed by atoms with E-state index in [0.717, 1.165) is 0 Å². The van der Waals surface area contributed by atoms with E-state index in [2.05, 4.69) is 21.3 Å². The second-order valence-corrected chi connectivity index (χ2v) is 12.6. The number of amides is 6. The summed E-state index contributed by atoms with van der Waals surface area (Å²) in [6, 6.07) is 7.88. The Morgan fingerprint density at radius 2 is 1.47 bits per heavy atom. The highest BCUT2D eigenvalue weighted by Gasteiger charge is 2.40. The first-order valence-electron chi connectivity index (χ1n) is 14.3. The smallest absolute Gasteiger partial charge is 0.247 e. The Bertz CT molecular complexity index is 1210. The van der Waals surface area contributed by atoms with E-state index in [-0.39, 0.29) is 5.91 Å². The number of likely N-dealkylation sites (N-methyl/N-ethyl adjacent to an activating group) is 1. The molecule has 13 nitrogen and oxygen atoms in total. The maximum Gasteiger partial charge on any atom is 0.247 e. The van der Waals surface area contributed by atoms with Gasteiger partial charge in [-0.05, 0) is 59.9 Å². The molecule has 1 fully saturated rings. The molecule has 13 heteroatoms. The minimum atomic E-state index is -1.46. The van der Waals surface area contributed by atoms with Gasteiger partial charge in [-0.1, -0.05) is 30.3 Å². The second-order valence-electron chi connectivity index (χ2n) is 12.6. The van der Waals surface area contributed by atoms with Crippen LogP contribution in [0.15, 0.2) is 30.3 Å². The van der Waals surface area contributed by atoms with Gasteiger partial charge in [-0.25, -0.2) is 0 Å². The Balaban J connectivity index is 1.97. The molecule has 0 unspecified atom stereocenters. The number of rotatable bonds is 12. The molecule has 0 saturated carbocycles. The van der Waals surface area contributed by atoms with Crippen LogP contribution in [-0.2, 0) is 28.8 Å².